The van der Waals surface area contributed by atoms with E-state index in [0.29, 0.717) is 6.04 Å². The van der Waals surface area contributed by atoms with E-state index < -0.39 is 0 Å². The molecule has 0 bridgehead atoms. The molecule has 0 saturated carbocycles. The molecule has 2 heterocycles. The third-order valence-electron chi connectivity index (χ3n) is 2.74. The summed E-state index contributed by atoms with van der Waals surface area (Å²) in [7, 11) is 0. The molecule has 4 nitrogen and oxygen atoms in total. The quantitative estimate of drug-likeness (QED) is 0.906. The van der Waals surface area contributed by atoms with Crippen LogP contribution in [0.2, 0.25) is 0 Å². The number of aromatic nitrogens is 3. The van der Waals surface area contributed by atoms with Crippen molar-refractivity contribution in [2.45, 2.75) is 40.3 Å². The summed E-state index contributed by atoms with van der Waals surface area (Å²) in [6, 6.07) is 0.396. The van der Waals surface area contributed by atoms with Gasteiger partial charge in [-0.1, -0.05) is 0 Å². The van der Waals surface area contributed by atoms with Crippen molar-refractivity contribution in [3.05, 3.63) is 28.0 Å². The van der Waals surface area contributed by atoms with Crippen molar-refractivity contribution < 1.29 is 0 Å². The molecule has 0 fully saturated rings. The minimum atomic E-state index is 0.396. The highest BCUT2D eigenvalue weighted by molar-refractivity contribution is 7.09. The lowest BCUT2D eigenvalue weighted by molar-refractivity contribution is 0.516. The molecule has 0 unspecified atom stereocenters. The smallest absolute Gasteiger partial charge is 0.0828 e. The van der Waals surface area contributed by atoms with Crippen molar-refractivity contribution in [2.75, 3.05) is 5.32 Å². The molecule has 1 N–H and O–H groups in total. The third-order valence-corrected chi connectivity index (χ3v) is 3.52. The molecular weight excluding hydrogens is 232 g/mol. The van der Waals surface area contributed by atoms with Crippen LogP contribution in [0.25, 0.3) is 0 Å². The first-order valence-electron chi connectivity index (χ1n) is 5.76. The van der Waals surface area contributed by atoms with Crippen LogP contribution in [0.3, 0.4) is 0 Å². The Hall–Kier alpha value is -1.36. The number of aryl methyl sites for hydroxylation is 1. The molecule has 0 aliphatic heterocycles. The summed E-state index contributed by atoms with van der Waals surface area (Å²) in [5.74, 6) is 0. The van der Waals surface area contributed by atoms with Crippen LogP contribution in [0.15, 0.2) is 11.7 Å². The minimum Gasteiger partial charge on any atom is -0.377 e. The molecule has 0 saturated heterocycles. The van der Waals surface area contributed by atoms with Crippen molar-refractivity contribution in [3.8, 4) is 0 Å². The zero-order valence-electron chi connectivity index (χ0n) is 10.7. The van der Waals surface area contributed by atoms with E-state index in [0.717, 1.165) is 17.9 Å². The van der Waals surface area contributed by atoms with Crippen LogP contribution < -0.4 is 5.32 Å². The number of hydrogen-bond acceptors (Lipinski definition) is 4. The van der Waals surface area contributed by atoms with Crippen LogP contribution >= 0.6 is 11.3 Å². The maximum atomic E-state index is 4.55. The Balaban J connectivity index is 2.15. The zero-order chi connectivity index (χ0) is 12.4. The predicted octanol–water partition coefficient (Wildman–Crippen LogP) is 3.15. The van der Waals surface area contributed by atoms with Crippen molar-refractivity contribution >= 4 is 17.0 Å². The van der Waals surface area contributed by atoms with E-state index in [1.54, 1.807) is 11.3 Å². The summed E-state index contributed by atoms with van der Waals surface area (Å²) >= 11 is 1.67. The second-order valence-corrected chi connectivity index (χ2v) is 5.38. The maximum Gasteiger partial charge on any atom is 0.0828 e. The lowest BCUT2D eigenvalue weighted by Crippen LogP contribution is -2.05. The Morgan fingerprint density at radius 1 is 1.41 bits per heavy atom. The van der Waals surface area contributed by atoms with Crippen LogP contribution in [0, 0.1) is 13.8 Å². The van der Waals surface area contributed by atoms with Gasteiger partial charge in [0.15, 0.2) is 0 Å². The Kier molecular flexibility index (Phi) is 3.47. The molecule has 17 heavy (non-hydrogen) atoms. The van der Waals surface area contributed by atoms with E-state index in [1.807, 2.05) is 18.6 Å². The van der Waals surface area contributed by atoms with Gasteiger partial charge < -0.3 is 5.32 Å². The lowest BCUT2D eigenvalue weighted by Gasteiger charge is -2.09. The fourth-order valence-corrected chi connectivity index (χ4v) is 2.46. The SMILES string of the molecule is Cc1nn(C(C)C)c(C)c1NCc1cncs1. The topological polar surface area (TPSA) is 42.7 Å². The zero-order valence-corrected chi connectivity index (χ0v) is 11.5. The van der Waals surface area contributed by atoms with Gasteiger partial charge in [-0.25, -0.2) is 0 Å². The largest absolute Gasteiger partial charge is 0.377 e. The predicted molar refractivity (Wildman–Crippen MR) is 71.5 cm³/mol. The van der Waals surface area contributed by atoms with Gasteiger partial charge in [-0.3, -0.25) is 9.67 Å². The second-order valence-electron chi connectivity index (χ2n) is 4.41. The van der Waals surface area contributed by atoms with Crippen LogP contribution in [-0.2, 0) is 6.54 Å². The van der Waals surface area contributed by atoms with Gasteiger partial charge in [0, 0.05) is 17.1 Å². The first-order chi connectivity index (χ1) is 8.09. The van der Waals surface area contributed by atoms with Gasteiger partial charge in [-0.15, -0.1) is 11.3 Å². The van der Waals surface area contributed by atoms with Crippen molar-refractivity contribution in [1.29, 1.82) is 0 Å². The Morgan fingerprint density at radius 2 is 2.18 bits per heavy atom. The first-order valence-corrected chi connectivity index (χ1v) is 6.64. The van der Waals surface area contributed by atoms with Gasteiger partial charge in [-0.05, 0) is 27.7 Å². The third kappa shape index (κ3) is 2.49. The van der Waals surface area contributed by atoms with E-state index in [-0.39, 0.29) is 0 Å². The van der Waals surface area contributed by atoms with Gasteiger partial charge in [0.2, 0.25) is 0 Å². The molecule has 2 aromatic rings. The van der Waals surface area contributed by atoms with Crippen LogP contribution in [0.1, 0.15) is 36.2 Å². The summed E-state index contributed by atoms with van der Waals surface area (Å²) in [6.07, 6.45) is 1.90. The number of nitrogens with zero attached hydrogens (tertiary/aromatic N) is 3. The summed E-state index contributed by atoms with van der Waals surface area (Å²) in [6.45, 7) is 9.25. The highest BCUT2D eigenvalue weighted by atomic mass is 32.1. The maximum absolute atomic E-state index is 4.55. The molecular formula is C12H18N4S. The fraction of sp³-hybridized carbons (Fsp3) is 0.500. The Labute approximate surface area is 106 Å². The Bertz CT molecular complexity index is 485. The standard InChI is InChI=1S/C12H18N4S/c1-8(2)16-10(4)12(9(3)15-16)14-6-11-5-13-7-17-11/h5,7-8,14H,6H2,1-4H3. The number of nitrogens with one attached hydrogen (secondary N) is 1. The molecule has 5 heteroatoms. The van der Waals surface area contributed by atoms with Crippen LogP contribution in [0.5, 0.6) is 0 Å². The summed E-state index contributed by atoms with van der Waals surface area (Å²) in [5, 5.41) is 8.00. The summed E-state index contributed by atoms with van der Waals surface area (Å²) in [4.78, 5) is 5.31. The molecule has 0 spiro atoms. The van der Waals surface area contributed by atoms with Gasteiger partial charge in [-0.2, -0.15) is 5.10 Å². The fourth-order valence-electron chi connectivity index (χ4n) is 1.93. The van der Waals surface area contributed by atoms with E-state index in [2.05, 4.69) is 40.9 Å². The number of anilines is 1. The molecule has 2 aromatic heterocycles. The molecule has 0 atom stereocenters. The summed E-state index contributed by atoms with van der Waals surface area (Å²) < 4.78 is 2.06. The highest BCUT2D eigenvalue weighted by Gasteiger charge is 2.12. The molecule has 0 amide bonds. The monoisotopic (exact) mass is 250 g/mol. The average molecular weight is 250 g/mol. The molecule has 0 radical (unpaired) electrons. The highest BCUT2D eigenvalue weighted by Crippen LogP contribution is 2.23. The second kappa shape index (κ2) is 4.87. The first kappa shape index (κ1) is 12.1. The van der Waals surface area contributed by atoms with E-state index in [9.17, 15) is 0 Å². The van der Waals surface area contributed by atoms with Gasteiger partial charge in [0.1, 0.15) is 0 Å². The van der Waals surface area contributed by atoms with Crippen molar-refractivity contribution in [2.24, 2.45) is 0 Å². The molecule has 92 valence electrons. The lowest BCUT2D eigenvalue weighted by atomic mass is 10.3. The van der Waals surface area contributed by atoms with E-state index >= 15 is 0 Å². The summed E-state index contributed by atoms with van der Waals surface area (Å²) in [5.41, 5.74) is 5.25. The van der Waals surface area contributed by atoms with E-state index in [1.165, 1.54) is 10.6 Å². The number of rotatable bonds is 4. The molecule has 0 aliphatic rings. The van der Waals surface area contributed by atoms with Crippen LogP contribution in [0.4, 0.5) is 5.69 Å². The van der Waals surface area contributed by atoms with Crippen molar-refractivity contribution in [3.63, 3.8) is 0 Å². The minimum absolute atomic E-state index is 0.396. The van der Waals surface area contributed by atoms with Gasteiger partial charge in [0.25, 0.3) is 0 Å². The number of hydrogen-bond donors (Lipinski definition) is 1. The number of thiazole rings is 1. The molecule has 0 aliphatic carbocycles. The average Bonchev–Trinajstić information content (AvgIpc) is 2.86. The van der Waals surface area contributed by atoms with Crippen LogP contribution in [-0.4, -0.2) is 14.8 Å². The normalized spacial score (nSPS) is 11.1. The molecule has 0 aromatic carbocycles. The van der Waals surface area contributed by atoms with E-state index in [4.69, 9.17) is 0 Å². The van der Waals surface area contributed by atoms with Gasteiger partial charge >= 0.3 is 0 Å². The van der Waals surface area contributed by atoms with Crippen molar-refractivity contribution in [1.82, 2.24) is 14.8 Å². The Morgan fingerprint density at radius 3 is 2.71 bits per heavy atom. The van der Waals surface area contributed by atoms with Gasteiger partial charge in [0.05, 0.1) is 29.1 Å². The molecule has 2 rings (SSSR count).